The van der Waals surface area contributed by atoms with Crippen molar-refractivity contribution < 1.29 is 19.0 Å². The average Bonchev–Trinajstić information content (AvgIpc) is 2.30. The summed E-state index contributed by atoms with van der Waals surface area (Å²) in [6.07, 6.45) is -0.543. The fourth-order valence-corrected chi connectivity index (χ4v) is 1.27. The minimum Gasteiger partial charge on any atom is -0.490 e. The smallest absolute Gasteiger partial charge is 0.223 e. The number of halogens is 1. The zero-order chi connectivity index (χ0) is 12.8. The third kappa shape index (κ3) is 4.03. The highest BCUT2D eigenvalue weighted by Gasteiger charge is 2.08. The Morgan fingerprint density at radius 2 is 2.29 bits per heavy atom. The minimum absolute atomic E-state index is 0.0818. The summed E-state index contributed by atoms with van der Waals surface area (Å²) in [5, 5.41) is 11.7. The van der Waals surface area contributed by atoms with Gasteiger partial charge < -0.3 is 15.2 Å². The van der Waals surface area contributed by atoms with Crippen LogP contribution in [-0.2, 0) is 4.79 Å². The van der Waals surface area contributed by atoms with Gasteiger partial charge in [0.15, 0.2) is 11.6 Å². The molecule has 0 aromatic heterocycles. The van der Waals surface area contributed by atoms with Gasteiger partial charge in [0, 0.05) is 7.05 Å². The molecular weight excluding hydrogens is 225 g/mol. The van der Waals surface area contributed by atoms with E-state index in [4.69, 9.17) is 4.74 Å². The van der Waals surface area contributed by atoms with Gasteiger partial charge in [-0.05, 0) is 24.6 Å². The monoisotopic (exact) mass is 241 g/mol. The molecule has 1 rings (SSSR count). The van der Waals surface area contributed by atoms with Gasteiger partial charge in [-0.2, -0.15) is 0 Å². The van der Waals surface area contributed by atoms with Crippen molar-refractivity contribution in [2.24, 2.45) is 0 Å². The number of hydrogen-bond donors (Lipinski definition) is 2. The van der Waals surface area contributed by atoms with Crippen molar-refractivity contribution >= 4 is 5.91 Å². The fraction of sp³-hybridized carbons (Fsp3) is 0.417. The predicted molar refractivity (Wildman–Crippen MR) is 61.2 cm³/mol. The molecular formula is C12H16FNO3. The van der Waals surface area contributed by atoms with Crippen molar-refractivity contribution in [3.8, 4) is 5.75 Å². The highest BCUT2D eigenvalue weighted by atomic mass is 19.1. The summed E-state index contributed by atoms with van der Waals surface area (Å²) < 4.78 is 18.6. The maximum atomic E-state index is 13.5. The predicted octanol–water partition coefficient (Wildman–Crippen LogP) is 1.39. The zero-order valence-electron chi connectivity index (χ0n) is 9.87. The summed E-state index contributed by atoms with van der Waals surface area (Å²) >= 11 is 0. The molecule has 0 unspecified atom stereocenters. The fourth-order valence-electron chi connectivity index (χ4n) is 1.27. The van der Waals surface area contributed by atoms with E-state index in [1.165, 1.54) is 19.2 Å². The molecule has 1 atom stereocenters. The number of aliphatic hydroxyl groups excluding tert-OH is 1. The summed E-state index contributed by atoms with van der Waals surface area (Å²) in [5.74, 6) is -0.621. The summed E-state index contributed by atoms with van der Waals surface area (Å²) in [5.41, 5.74) is 0.487. The van der Waals surface area contributed by atoms with Gasteiger partial charge in [-0.15, -0.1) is 0 Å². The van der Waals surface area contributed by atoms with Crippen LogP contribution in [0.5, 0.6) is 5.75 Å². The van der Waals surface area contributed by atoms with Crippen LogP contribution in [0, 0.1) is 5.82 Å². The van der Waals surface area contributed by atoms with Crippen LogP contribution in [0.1, 0.15) is 25.0 Å². The van der Waals surface area contributed by atoms with Crippen LogP contribution < -0.4 is 10.1 Å². The van der Waals surface area contributed by atoms with Crippen molar-refractivity contribution in [3.63, 3.8) is 0 Å². The number of nitrogens with one attached hydrogen (secondary N) is 1. The molecule has 2 N–H and O–H groups in total. The zero-order valence-corrected chi connectivity index (χ0v) is 9.87. The number of benzene rings is 1. The second kappa shape index (κ2) is 6.20. The van der Waals surface area contributed by atoms with Crippen molar-refractivity contribution in [2.75, 3.05) is 13.7 Å². The lowest BCUT2D eigenvalue weighted by atomic mass is 10.1. The van der Waals surface area contributed by atoms with Crippen LogP contribution in [0.2, 0.25) is 0 Å². The number of hydrogen-bond acceptors (Lipinski definition) is 3. The molecule has 0 aliphatic carbocycles. The number of carbonyl (C=O) groups is 1. The van der Waals surface area contributed by atoms with E-state index in [1.54, 1.807) is 13.0 Å². The van der Waals surface area contributed by atoms with Gasteiger partial charge in [-0.3, -0.25) is 4.79 Å². The molecule has 1 aromatic rings. The molecule has 0 aliphatic heterocycles. The second-order valence-corrected chi connectivity index (χ2v) is 3.64. The largest absolute Gasteiger partial charge is 0.490 e. The Balaban J connectivity index is 2.57. The number of aliphatic hydroxyl groups is 1. The van der Waals surface area contributed by atoms with Gasteiger partial charge in [-0.25, -0.2) is 4.39 Å². The normalized spacial score (nSPS) is 12.0. The molecule has 0 radical (unpaired) electrons. The van der Waals surface area contributed by atoms with E-state index in [1.807, 2.05) is 0 Å². The molecule has 0 heterocycles. The Labute approximate surface area is 99.4 Å². The van der Waals surface area contributed by atoms with E-state index in [-0.39, 0.29) is 24.7 Å². The van der Waals surface area contributed by atoms with E-state index < -0.39 is 11.9 Å². The minimum atomic E-state index is -0.718. The highest BCUT2D eigenvalue weighted by molar-refractivity contribution is 5.75. The van der Waals surface area contributed by atoms with Gasteiger partial charge in [0.05, 0.1) is 19.1 Å². The molecule has 1 amide bonds. The number of ether oxygens (including phenoxy) is 1. The first-order valence-corrected chi connectivity index (χ1v) is 5.35. The van der Waals surface area contributed by atoms with Crippen molar-refractivity contribution in [2.45, 2.75) is 19.4 Å². The highest BCUT2D eigenvalue weighted by Crippen LogP contribution is 2.21. The summed E-state index contributed by atoms with van der Waals surface area (Å²) in [6, 6.07) is 4.25. The number of carbonyl (C=O) groups excluding carboxylic acids is 1. The van der Waals surface area contributed by atoms with Crippen LogP contribution >= 0.6 is 0 Å². The van der Waals surface area contributed by atoms with Crippen LogP contribution in [-0.4, -0.2) is 24.7 Å². The Morgan fingerprint density at radius 1 is 1.59 bits per heavy atom. The van der Waals surface area contributed by atoms with E-state index in [9.17, 15) is 14.3 Å². The lowest BCUT2D eigenvalue weighted by Gasteiger charge is -2.09. The Morgan fingerprint density at radius 3 is 2.82 bits per heavy atom. The molecule has 5 heteroatoms. The molecule has 0 saturated heterocycles. The summed E-state index contributed by atoms with van der Waals surface area (Å²) in [7, 11) is 1.53. The molecule has 94 valence electrons. The lowest BCUT2D eigenvalue weighted by Crippen LogP contribution is -2.20. The van der Waals surface area contributed by atoms with Gasteiger partial charge >= 0.3 is 0 Å². The van der Waals surface area contributed by atoms with Crippen molar-refractivity contribution in [1.82, 2.24) is 5.32 Å². The molecule has 0 aliphatic rings. The van der Waals surface area contributed by atoms with Gasteiger partial charge in [0.25, 0.3) is 0 Å². The van der Waals surface area contributed by atoms with Crippen molar-refractivity contribution in [1.29, 1.82) is 0 Å². The van der Waals surface area contributed by atoms with E-state index in [2.05, 4.69) is 5.32 Å². The SMILES string of the molecule is CNC(=O)CCOc1ccc([C@H](C)O)cc1F. The number of amides is 1. The van der Waals surface area contributed by atoms with Crippen LogP contribution in [0.3, 0.4) is 0 Å². The molecule has 17 heavy (non-hydrogen) atoms. The Kier molecular flexibility index (Phi) is 4.90. The topological polar surface area (TPSA) is 58.6 Å². The second-order valence-electron chi connectivity index (χ2n) is 3.64. The third-order valence-electron chi connectivity index (χ3n) is 2.30. The van der Waals surface area contributed by atoms with Gasteiger partial charge in [0.2, 0.25) is 5.91 Å². The maximum Gasteiger partial charge on any atom is 0.223 e. The van der Waals surface area contributed by atoms with E-state index in [0.29, 0.717) is 5.56 Å². The third-order valence-corrected chi connectivity index (χ3v) is 2.30. The van der Waals surface area contributed by atoms with Crippen LogP contribution in [0.15, 0.2) is 18.2 Å². The lowest BCUT2D eigenvalue weighted by molar-refractivity contribution is -0.121. The molecule has 0 spiro atoms. The average molecular weight is 241 g/mol. The van der Waals surface area contributed by atoms with Crippen molar-refractivity contribution in [3.05, 3.63) is 29.6 Å². The quantitative estimate of drug-likeness (QED) is 0.819. The first-order valence-electron chi connectivity index (χ1n) is 5.35. The van der Waals surface area contributed by atoms with Crippen LogP contribution in [0.25, 0.3) is 0 Å². The van der Waals surface area contributed by atoms with Crippen LogP contribution in [0.4, 0.5) is 4.39 Å². The first-order chi connectivity index (χ1) is 8.04. The Bertz CT molecular complexity index is 393. The molecule has 0 fully saturated rings. The van der Waals surface area contributed by atoms with E-state index in [0.717, 1.165) is 0 Å². The summed E-state index contributed by atoms with van der Waals surface area (Å²) in [4.78, 5) is 10.9. The molecule has 4 nitrogen and oxygen atoms in total. The molecule has 1 aromatic carbocycles. The van der Waals surface area contributed by atoms with E-state index >= 15 is 0 Å². The Hall–Kier alpha value is -1.62. The van der Waals surface area contributed by atoms with Gasteiger partial charge in [0.1, 0.15) is 0 Å². The maximum absolute atomic E-state index is 13.5. The molecule has 0 bridgehead atoms. The first kappa shape index (κ1) is 13.4. The summed E-state index contributed by atoms with van der Waals surface area (Å²) in [6.45, 7) is 1.67. The van der Waals surface area contributed by atoms with Gasteiger partial charge in [-0.1, -0.05) is 6.07 Å². The molecule has 0 saturated carbocycles. The number of rotatable bonds is 5. The standard InChI is InChI=1S/C12H16FNO3/c1-8(15)9-3-4-11(10(13)7-9)17-6-5-12(16)14-2/h3-4,7-8,15H,5-6H2,1-2H3,(H,14,16)/t8-/m0/s1.